The molecule has 2 aliphatic rings. The van der Waals surface area contributed by atoms with Crippen LogP contribution in [0.1, 0.15) is 54.5 Å². The maximum Gasteiger partial charge on any atom is 0.209 e. The molecule has 0 fully saturated rings. The Morgan fingerprint density at radius 3 is 1.84 bits per heavy atom. The van der Waals surface area contributed by atoms with E-state index in [1.165, 1.54) is 61.4 Å². The van der Waals surface area contributed by atoms with Crippen LogP contribution < -0.4 is 4.90 Å². The lowest BCUT2D eigenvalue weighted by Crippen LogP contribution is -2.39. The minimum absolute atomic E-state index is 0.253. The number of hydrogen-bond donors (Lipinski definition) is 0. The van der Waals surface area contributed by atoms with E-state index in [4.69, 9.17) is 0 Å². The third-order valence-corrected chi connectivity index (χ3v) is 12.1. The zero-order valence-corrected chi connectivity index (χ0v) is 32.7. The fraction of sp³-hybridized carbons (Fsp3) is 0.226. The normalized spacial score (nSPS) is 18.1. The Kier molecular flexibility index (Phi) is 10.3. The van der Waals surface area contributed by atoms with Crippen molar-refractivity contribution >= 4 is 27.9 Å². The lowest BCUT2D eigenvalue weighted by Gasteiger charge is -2.34. The number of hydrogen-bond acceptors (Lipinski definition) is 1. The average Bonchev–Trinajstić information content (AvgIpc) is 3.59. The molecule has 1 unspecified atom stereocenters. The van der Waals surface area contributed by atoms with E-state index in [2.05, 4.69) is 213 Å². The minimum atomic E-state index is -0.291. The molecule has 6 aromatic carbocycles. The van der Waals surface area contributed by atoms with Gasteiger partial charge >= 0.3 is 0 Å². The summed E-state index contributed by atoms with van der Waals surface area (Å²) in [6.45, 7) is 10.0. The van der Waals surface area contributed by atoms with Gasteiger partial charge in [-0.1, -0.05) is 166 Å². The van der Waals surface area contributed by atoms with E-state index < -0.39 is 0 Å². The van der Waals surface area contributed by atoms with Crippen LogP contribution >= 0.6 is 0 Å². The molecule has 0 radical (unpaired) electrons. The highest BCUT2D eigenvalue weighted by atomic mass is 15.2. The number of anilines is 1. The Balaban J connectivity index is 1.33. The summed E-state index contributed by atoms with van der Waals surface area (Å²) in [5, 5.41) is 2.63. The van der Waals surface area contributed by atoms with Gasteiger partial charge in [0.25, 0.3) is 0 Å². The van der Waals surface area contributed by atoms with Gasteiger partial charge in [0.1, 0.15) is 7.05 Å². The maximum atomic E-state index is 4.40. The number of benzene rings is 6. The fourth-order valence-corrected chi connectivity index (χ4v) is 9.61. The highest BCUT2D eigenvalue weighted by molar-refractivity contribution is 6.04. The summed E-state index contributed by atoms with van der Waals surface area (Å²) in [6, 6.07) is 55.9. The Labute approximate surface area is 328 Å². The zero-order chi connectivity index (χ0) is 37.8. The fourth-order valence-electron chi connectivity index (χ4n) is 9.61. The summed E-state index contributed by atoms with van der Waals surface area (Å²) in [7, 11) is 2.26. The van der Waals surface area contributed by atoms with Gasteiger partial charge in [0.2, 0.25) is 5.69 Å². The topological polar surface area (TPSA) is 6.25 Å². The van der Waals surface area contributed by atoms with Crippen LogP contribution in [-0.4, -0.2) is 23.9 Å². The van der Waals surface area contributed by atoms with Gasteiger partial charge in [0, 0.05) is 41.1 Å². The molecule has 55 heavy (non-hydrogen) atoms. The standard InChI is InChI=1S/C53H53N2/c1-5-35-52(37-41-20-9-6-10-21-41)50(55(36-34-40(2)3)48-33-32-44-26-15-16-27-45(44)51(48)52)31-19-30-49-53(38-42-22-11-7-12-23-42,39-43-24-13-8-14-25-43)46-28-17-18-29-47(46)54(49)4/h5-33,40H,1,34-39H2,2-4H3/q+1. The Hall–Kier alpha value is -5.73. The molecule has 8 rings (SSSR count). The number of para-hydroxylation sites is 1. The summed E-state index contributed by atoms with van der Waals surface area (Å²) in [4.78, 5) is 2.65. The molecule has 2 heterocycles. The monoisotopic (exact) mass is 717 g/mol. The SMILES string of the molecule is C=CCC1(Cc2ccccc2)C(=CC=CC2=[N+](C)c3ccccc3C2(Cc2ccccc2)Cc2ccccc2)N(CCC(C)C)c2ccc3ccccc3c21. The molecule has 0 saturated heterocycles. The largest absolute Gasteiger partial charge is 0.344 e. The first-order valence-electron chi connectivity index (χ1n) is 20.1. The van der Waals surface area contributed by atoms with Crippen LogP contribution in [-0.2, 0) is 30.1 Å². The number of allylic oxidation sites excluding steroid dienone is 5. The molecule has 0 spiro atoms. The second kappa shape index (κ2) is 15.6. The van der Waals surface area contributed by atoms with Gasteiger partial charge in [0.15, 0.2) is 5.71 Å². The molecule has 0 aromatic heterocycles. The van der Waals surface area contributed by atoms with Crippen molar-refractivity contribution in [2.24, 2.45) is 5.92 Å². The highest BCUT2D eigenvalue weighted by Crippen LogP contribution is 2.55. The predicted octanol–water partition coefficient (Wildman–Crippen LogP) is 12.4. The molecule has 0 amide bonds. The van der Waals surface area contributed by atoms with Crippen LogP contribution in [0.25, 0.3) is 10.8 Å². The van der Waals surface area contributed by atoms with Crippen LogP contribution in [0.2, 0.25) is 0 Å². The first kappa shape index (κ1) is 36.3. The van der Waals surface area contributed by atoms with Gasteiger partial charge < -0.3 is 4.90 Å². The van der Waals surface area contributed by atoms with Crippen molar-refractivity contribution in [2.45, 2.75) is 56.8 Å². The lowest BCUT2D eigenvalue weighted by atomic mass is 9.69. The van der Waals surface area contributed by atoms with Gasteiger partial charge in [-0.2, -0.15) is 4.58 Å². The van der Waals surface area contributed by atoms with E-state index >= 15 is 0 Å². The van der Waals surface area contributed by atoms with Crippen molar-refractivity contribution in [1.82, 2.24) is 0 Å². The van der Waals surface area contributed by atoms with Gasteiger partial charge in [0.05, 0.1) is 5.41 Å². The minimum Gasteiger partial charge on any atom is -0.344 e. The number of rotatable bonds is 13. The van der Waals surface area contributed by atoms with Crippen LogP contribution in [0.5, 0.6) is 0 Å². The van der Waals surface area contributed by atoms with Crippen molar-refractivity contribution < 1.29 is 4.58 Å². The van der Waals surface area contributed by atoms with Gasteiger partial charge in [-0.3, -0.25) is 0 Å². The van der Waals surface area contributed by atoms with Crippen LogP contribution in [0.4, 0.5) is 11.4 Å². The lowest BCUT2D eigenvalue weighted by molar-refractivity contribution is -0.401. The number of fused-ring (bicyclic) bond motifs is 4. The molecular formula is C53H53N2+. The first-order valence-corrected chi connectivity index (χ1v) is 20.1. The zero-order valence-electron chi connectivity index (χ0n) is 32.7. The van der Waals surface area contributed by atoms with Gasteiger partial charge in [-0.25, -0.2) is 0 Å². The third-order valence-electron chi connectivity index (χ3n) is 12.1. The molecular weight excluding hydrogens is 665 g/mol. The van der Waals surface area contributed by atoms with Crippen molar-refractivity contribution in [3.8, 4) is 0 Å². The van der Waals surface area contributed by atoms with Crippen molar-refractivity contribution in [2.75, 3.05) is 18.5 Å². The van der Waals surface area contributed by atoms with E-state index in [0.717, 1.165) is 38.6 Å². The molecule has 274 valence electrons. The second-order valence-electron chi connectivity index (χ2n) is 16.0. The molecule has 0 bridgehead atoms. The molecule has 0 N–H and O–H groups in total. The highest BCUT2D eigenvalue weighted by Gasteiger charge is 2.51. The molecule has 2 nitrogen and oxygen atoms in total. The van der Waals surface area contributed by atoms with Crippen molar-refractivity contribution in [3.05, 3.63) is 216 Å². The van der Waals surface area contributed by atoms with Crippen LogP contribution in [0.3, 0.4) is 0 Å². The van der Waals surface area contributed by atoms with Crippen molar-refractivity contribution in [3.63, 3.8) is 0 Å². The van der Waals surface area contributed by atoms with E-state index in [-0.39, 0.29) is 10.8 Å². The Morgan fingerprint density at radius 2 is 1.22 bits per heavy atom. The summed E-state index contributed by atoms with van der Waals surface area (Å²) in [6.07, 6.45) is 14.1. The van der Waals surface area contributed by atoms with E-state index in [9.17, 15) is 0 Å². The molecule has 2 aliphatic heterocycles. The smallest absolute Gasteiger partial charge is 0.209 e. The van der Waals surface area contributed by atoms with Gasteiger partial charge in [-0.05, 0) is 83.2 Å². The summed E-state index contributed by atoms with van der Waals surface area (Å²) in [5.74, 6) is 0.585. The van der Waals surface area contributed by atoms with Gasteiger partial charge in [-0.15, -0.1) is 6.58 Å². The number of nitrogens with zero attached hydrogens (tertiary/aromatic N) is 2. The van der Waals surface area contributed by atoms with E-state index in [1.807, 2.05) is 0 Å². The van der Waals surface area contributed by atoms with Crippen LogP contribution in [0.15, 0.2) is 188 Å². The van der Waals surface area contributed by atoms with E-state index in [1.54, 1.807) is 0 Å². The maximum absolute atomic E-state index is 4.40. The van der Waals surface area contributed by atoms with E-state index in [0.29, 0.717) is 5.92 Å². The first-order chi connectivity index (χ1) is 26.9. The summed E-state index contributed by atoms with van der Waals surface area (Å²) in [5.41, 5.74) is 11.6. The molecule has 0 saturated carbocycles. The third kappa shape index (κ3) is 6.80. The molecule has 2 heteroatoms. The van der Waals surface area contributed by atoms with Crippen LogP contribution in [0, 0.1) is 5.92 Å². The predicted molar refractivity (Wildman–Crippen MR) is 234 cm³/mol. The summed E-state index contributed by atoms with van der Waals surface area (Å²) >= 11 is 0. The van der Waals surface area contributed by atoms with Crippen molar-refractivity contribution in [1.29, 1.82) is 0 Å². The molecule has 6 aromatic rings. The molecule has 0 aliphatic carbocycles. The Morgan fingerprint density at radius 1 is 0.655 bits per heavy atom. The summed E-state index contributed by atoms with van der Waals surface area (Å²) < 4.78 is 2.45. The Bertz CT molecular complexity index is 2340. The second-order valence-corrected chi connectivity index (χ2v) is 16.0. The quantitative estimate of drug-likeness (QED) is 0.0851. The average molecular weight is 718 g/mol. The molecule has 1 atom stereocenters.